The van der Waals surface area contributed by atoms with Crippen LogP contribution in [0.2, 0.25) is 12.1 Å². The van der Waals surface area contributed by atoms with E-state index in [-0.39, 0.29) is 17.9 Å². The first-order valence-electron chi connectivity index (χ1n) is 11.3. The molecule has 0 bridgehead atoms. The number of hydrogen-bond donors (Lipinski definition) is 3. The van der Waals surface area contributed by atoms with E-state index in [1.807, 2.05) is 6.92 Å². The molecule has 1 unspecified atom stereocenters. The van der Waals surface area contributed by atoms with E-state index in [2.05, 4.69) is 29.1 Å². The Morgan fingerprint density at radius 1 is 0.743 bits per heavy atom. The Morgan fingerprint density at radius 2 is 1.20 bits per heavy atom. The second-order valence-corrected chi connectivity index (χ2v) is 13.9. The van der Waals surface area contributed by atoms with Crippen LogP contribution >= 0.6 is 0 Å². The highest BCUT2D eigenvalue weighted by molar-refractivity contribution is 6.61. The number of rotatable bonds is 18. The molecule has 11 nitrogen and oxygen atoms in total. The summed E-state index contributed by atoms with van der Waals surface area (Å²) in [6.45, 7) is 14.5. The van der Waals surface area contributed by atoms with Gasteiger partial charge < -0.3 is 42.5 Å². The summed E-state index contributed by atoms with van der Waals surface area (Å²) in [4.78, 5) is 22.6. The second kappa shape index (κ2) is 19.7. The summed E-state index contributed by atoms with van der Waals surface area (Å²) >= 11 is 0. The minimum absolute atomic E-state index is 0.0873. The van der Waals surface area contributed by atoms with Crippen LogP contribution < -0.4 is 16.0 Å². The van der Waals surface area contributed by atoms with Gasteiger partial charge in [0.1, 0.15) is 0 Å². The van der Waals surface area contributed by atoms with Gasteiger partial charge in [0.05, 0.1) is 0 Å². The topological polar surface area (TPSA) is 126 Å². The van der Waals surface area contributed by atoms with E-state index in [1.54, 1.807) is 56.5 Å². The first-order valence-corrected chi connectivity index (χ1v) is 15.2. The van der Waals surface area contributed by atoms with Crippen molar-refractivity contribution in [2.24, 2.45) is 0 Å². The monoisotopic (exact) mass is 537 g/mol. The van der Waals surface area contributed by atoms with E-state index >= 15 is 0 Å². The minimum Gasteiger partial charge on any atom is -0.377 e. The lowest BCUT2D eigenvalue weighted by Crippen LogP contribution is -2.48. The Morgan fingerprint density at radius 3 is 1.60 bits per heavy atom. The van der Waals surface area contributed by atoms with Crippen molar-refractivity contribution in [2.75, 3.05) is 62.3 Å². The number of hydrogen-bond acceptors (Lipinski definition) is 9. The van der Waals surface area contributed by atoms with Crippen molar-refractivity contribution < 1.29 is 36.1 Å². The first kappa shape index (κ1) is 35.7. The van der Waals surface area contributed by atoms with Gasteiger partial charge in [-0.3, -0.25) is 9.59 Å². The van der Waals surface area contributed by atoms with Crippen molar-refractivity contribution >= 4 is 29.4 Å². The normalized spacial score (nSPS) is 12.3. The van der Waals surface area contributed by atoms with Gasteiger partial charge in [-0.25, -0.2) is 0 Å². The zero-order chi connectivity index (χ0) is 27.5. The number of carbonyl (C=O) groups is 2. The average Bonchev–Trinajstić information content (AvgIpc) is 2.84. The molecule has 206 valence electrons. The Bertz CT molecular complexity index is 628. The van der Waals surface area contributed by atoms with Gasteiger partial charge in [-0.2, -0.15) is 0 Å². The molecule has 0 aromatic rings. The highest BCUT2D eigenvalue weighted by Crippen LogP contribution is 2.15. The second-order valence-electron chi connectivity index (χ2n) is 7.84. The van der Waals surface area contributed by atoms with Gasteiger partial charge in [-0.15, -0.1) is 0 Å². The molecule has 1 atom stereocenters. The van der Waals surface area contributed by atoms with Crippen molar-refractivity contribution in [1.29, 1.82) is 0 Å². The predicted octanol–water partition coefficient (Wildman–Crippen LogP) is 1.48. The number of carbonyl (C=O) groups excluding carboxylic acids is 2. The molecule has 0 aliphatic heterocycles. The molecule has 0 aromatic carbocycles. The molecule has 0 aliphatic rings. The molecule has 0 aliphatic carbocycles. The van der Waals surface area contributed by atoms with Crippen molar-refractivity contribution in [3.05, 3.63) is 24.3 Å². The average molecular weight is 538 g/mol. The van der Waals surface area contributed by atoms with Crippen LogP contribution in [0.1, 0.15) is 27.2 Å². The molecule has 0 radical (unpaired) electrons. The third kappa shape index (κ3) is 15.3. The quantitative estimate of drug-likeness (QED) is 0.135. The number of amides is 2. The van der Waals surface area contributed by atoms with E-state index in [1.165, 1.54) is 0 Å². The van der Waals surface area contributed by atoms with Crippen LogP contribution in [0, 0.1) is 0 Å². The van der Waals surface area contributed by atoms with Gasteiger partial charge in [0.25, 0.3) is 0 Å². The van der Waals surface area contributed by atoms with Crippen molar-refractivity contribution in [1.82, 2.24) is 16.0 Å². The summed E-state index contributed by atoms with van der Waals surface area (Å²) in [7, 11) is 4.41. The predicted molar refractivity (Wildman–Crippen MR) is 141 cm³/mol. The van der Waals surface area contributed by atoms with Crippen LogP contribution in [0.3, 0.4) is 0 Å². The van der Waals surface area contributed by atoms with Gasteiger partial charge in [0, 0.05) is 85.0 Å². The lowest BCUT2D eigenvalue weighted by atomic mass is 10.3. The summed E-state index contributed by atoms with van der Waals surface area (Å²) < 4.78 is 31.8. The smallest absolute Gasteiger partial charge is 0.377 e. The zero-order valence-electron chi connectivity index (χ0n) is 23.0. The third-order valence-corrected chi connectivity index (χ3v) is 10.8. The van der Waals surface area contributed by atoms with Crippen LogP contribution in [0.15, 0.2) is 24.3 Å². The Labute approximate surface area is 213 Å². The fourth-order valence-corrected chi connectivity index (χ4v) is 6.37. The molecular formula is C22H47N3O8Si2. The van der Waals surface area contributed by atoms with Crippen molar-refractivity contribution in [2.45, 2.75) is 45.3 Å². The minimum atomic E-state index is -2.63. The van der Waals surface area contributed by atoms with E-state index in [0.717, 1.165) is 25.6 Å². The number of nitrogens with one attached hydrogen (secondary N) is 3. The molecule has 0 rings (SSSR count). The van der Waals surface area contributed by atoms with E-state index in [4.69, 9.17) is 26.6 Å². The van der Waals surface area contributed by atoms with Gasteiger partial charge in [0.15, 0.2) is 0 Å². The largest absolute Gasteiger partial charge is 0.502 e. The van der Waals surface area contributed by atoms with E-state index in [0.29, 0.717) is 23.7 Å². The van der Waals surface area contributed by atoms with Crippen molar-refractivity contribution in [3.63, 3.8) is 0 Å². The molecule has 0 saturated carbocycles. The molecular weight excluding hydrogens is 490 g/mol. The van der Waals surface area contributed by atoms with Gasteiger partial charge >= 0.3 is 17.6 Å². The fourth-order valence-electron chi connectivity index (χ4n) is 2.80. The van der Waals surface area contributed by atoms with Gasteiger partial charge in [-0.1, -0.05) is 13.2 Å². The molecule has 0 heterocycles. The summed E-state index contributed by atoms with van der Waals surface area (Å²) in [6.07, 6.45) is 0.899. The SMILES string of the molecule is C=C(C)C(=O)NC(C)C[Si](OC)(OC)OC.C=C(C)C(=O)NCCNCCC[Si](OC)(OC)OC. The lowest BCUT2D eigenvalue weighted by molar-refractivity contribution is -0.118. The Hall–Kier alpha value is -1.43. The molecule has 13 heteroatoms. The molecule has 0 fully saturated rings. The summed E-state index contributed by atoms with van der Waals surface area (Å²) in [5, 5.41) is 8.79. The van der Waals surface area contributed by atoms with Crippen LogP contribution in [0.25, 0.3) is 0 Å². The Balaban J connectivity index is 0. The zero-order valence-corrected chi connectivity index (χ0v) is 25.0. The summed E-state index contributed by atoms with van der Waals surface area (Å²) in [6, 6.07) is 1.20. The van der Waals surface area contributed by atoms with Gasteiger partial charge in [-0.05, 0) is 33.7 Å². The maximum atomic E-state index is 11.4. The summed E-state index contributed by atoms with van der Waals surface area (Å²) in [5.74, 6) is -0.273. The molecule has 35 heavy (non-hydrogen) atoms. The molecule has 0 saturated heterocycles. The van der Waals surface area contributed by atoms with Gasteiger partial charge in [0.2, 0.25) is 11.8 Å². The molecule has 0 spiro atoms. The highest BCUT2D eigenvalue weighted by Gasteiger charge is 2.40. The fraction of sp³-hybridized carbons (Fsp3) is 0.727. The van der Waals surface area contributed by atoms with Crippen LogP contribution in [0.4, 0.5) is 0 Å². The van der Waals surface area contributed by atoms with E-state index in [9.17, 15) is 9.59 Å². The molecule has 0 aromatic heterocycles. The highest BCUT2D eigenvalue weighted by atomic mass is 28.4. The first-order chi connectivity index (χ1) is 16.4. The molecule has 3 N–H and O–H groups in total. The standard InChI is InChI=1S/C12H26N2O4Si.C10H21NO4Si/c1-11(2)12(15)14-9-8-13-7-6-10-19(16-3,17-4)18-5;1-8(2)10(12)11-9(3)7-16(13-4,14-5)15-6/h13H,1,6-10H2,2-5H3,(H,14,15);9H,1,7H2,2-6H3,(H,11,12). The maximum absolute atomic E-state index is 11.4. The lowest BCUT2D eigenvalue weighted by Gasteiger charge is -2.27. The van der Waals surface area contributed by atoms with Crippen molar-refractivity contribution in [3.8, 4) is 0 Å². The van der Waals surface area contributed by atoms with Crippen LogP contribution in [0.5, 0.6) is 0 Å². The van der Waals surface area contributed by atoms with E-state index < -0.39 is 17.6 Å². The van der Waals surface area contributed by atoms with Crippen LogP contribution in [-0.4, -0.2) is 97.8 Å². The van der Waals surface area contributed by atoms with Crippen LogP contribution in [-0.2, 0) is 36.1 Å². The maximum Gasteiger partial charge on any atom is 0.502 e. The Kier molecular flexibility index (Phi) is 20.1. The molecule has 2 amide bonds. The third-order valence-electron chi connectivity index (χ3n) is 5.00. The summed E-state index contributed by atoms with van der Waals surface area (Å²) in [5.41, 5.74) is 1.00.